The molecule has 1 rings (SSSR count). The molecule has 0 nitrogen and oxygen atoms in total. The number of benzene rings is 1. The first-order valence-electron chi connectivity index (χ1n) is 3.39. The molecule has 1 radical (unpaired) electrons. The van der Waals surface area contributed by atoms with Crippen LogP contribution in [-0.4, -0.2) is 0 Å². The van der Waals surface area contributed by atoms with Gasteiger partial charge >= 0.3 is 0 Å². The van der Waals surface area contributed by atoms with E-state index < -0.39 is 0 Å². The summed E-state index contributed by atoms with van der Waals surface area (Å²) in [5.41, 5.74) is 1.19. The molecule has 11 heavy (non-hydrogen) atoms. The van der Waals surface area contributed by atoms with Crippen molar-refractivity contribution in [3.63, 3.8) is 0 Å². The van der Waals surface area contributed by atoms with E-state index >= 15 is 0 Å². The molecule has 59 valence electrons. The second-order valence-corrected chi connectivity index (χ2v) is 4.14. The van der Waals surface area contributed by atoms with Crippen LogP contribution in [0, 0.1) is 10.5 Å². The van der Waals surface area contributed by atoms with Gasteiger partial charge in [0.15, 0.2) is 0 Å². The van der Waals surface area contributed by atoms with Gasteiger partial charge < -0.3 is 0 Å². The van der Waals surface area contributed by atoms with Crippen LogP contribution in [0.2, 0.25) is 5.02 Å². The van der Waals surface area contributed by atoms with E-state index in [0.717, 1.165) is 8.59 Å². The van der Waals surface area contributed by atoms with Crippen LogP contribution in [-0.2, 0) is 0 Å². The van der Waals surface area contributed by atoms with Crippen molar-refractivity contribution in [3.05, 3.63) is 39.3 Å². The summed E-state index contributed by atoms with van der Waals surface area (Å²) < 4.78 is 1.09. The van der Waals surface area contributed by atoms with Gasteiger partial charge in [0.1, 0.15) is 0 Å². The molecule has 0 aliphatic heterocycles. The fourth-order valence-electron chi connectivity index (χ4n) is 0.819. The maximum absolute atomic E-state index is 5.92. The standard InChI is InChI=1S/C9H9ClI/c1-6(2)7-3-4-9(11)8(10)5-7/h3-6H,1H2,2H3. The second-order valence-electron chi connectivity index (χ2n) is 2.57. The van der Waals surface area contributed by atoms with E-state index in [1.54, 1.807) is 0 Å². The van der Waals surface area contributed by atoms with Crippen LogP contribution in [0.4, 0.5) is 0 Å². The summed E-state index contributed by atoms with van der Waals surface area (Å²) in [6, 6.07) is 6.05. The van der Waals surface area contributed by atoms with Gasteiger partial charge in [-0.1, -0.05) is 24.6 Å². The molecule has 1 aromatic rings. The zero-order valence-corrected chi connectivity index (χ0v) is 9.19. The molecule has 0 aromatic heterocycles. The molecular weight excluding hydrogens is 270 g/mol. The predicted molar refractivity (Wildman–Crippen MR) is 57.9 cm³/mol. The minimum atomic E-state index is 0.310. The molecule has 0 aliphatic carbocycles. The maximum atomic E-state index is 5.92. The van der Waals surface area contributed by atoms with E-state index in [9.17, 15) is 0 Å². The topological polar surface area (TPSA) is 0 Å². The van der Waals surface area contributed by atoms with E-state index in [1.807, 2.05) is 12.1 Å². The third kappa shape index (κ3) is 2.34. The molecule has 0 saturated carbocycles. The second kappa shape index (κ2) is 3.76. The van der Waals surface area contributed by atoms with E-state index in [0.29, 0.717) is 5.92 Å². The van der Waals surface area contributed by atoms with Crippen LogP contribution >= 0.6 is 34.2 Å². The Bertz CT molecular complexity index is 256. The largest absolute Gasteiger partial charge is 0.0832 e. The van der Waals surface area contributed by atoms with Gasteiger partial charge in [-0.05, 0) is 53.1 Å². The van der Waals surface area contributed by atoms with Crippen LogP contribution in [0.15, 0.2) is 18.2 Å². The van der Waals surface area contributed by atoms with Gasteiger partial charge in [-0.2, -0.15) is 0 Å². The molecule has 0 aliphatic rings. The highest BCUT2D eigenvalue weighted by Gasteiger charge is 2.01. The average Bonchev–Trinajstić information content (AvgIpc) is 1.94. The van der Waals surface area contributed by atoms with Crippen molar-refractivity contribution in [1.82, 2.24) is 0 Å². The Morgan fingerprint density at radius 3 is 2.64 bits per heavy atom. The molecule has 0 amide bonds. The summed E-state index contributed by atoms with van der Waals surface area (Å²) in [6.07, 6.45) is 0. The van der Waals surface area contributed by atoms with Gasteiger partial charge in [-0.15, -0.1) is 0 Å². The Morgan fingerprint density at radius 1 is 1.55 bits per heavy atom. The van der Waals surface area contributed by atoms with Gasteiger partial charge in [0, 0.05) is 3.57 Å². The number of rotatable bonds is 1. The fraction of sp³-hybridized carbons (Fsp3) is 0.222. The number of hydrogen-bond donors (Lipinski definition) is 0. The highest BCUT2D eigenvalue weighted by Crippen LogP contribution is 2.23. The molecule has 0 bridgehead atoms. The monoisotopic (exact) mass is 279 g/mol. The van der Waals surface area contributed by atoms with Gasteiger partial charge in [-0.25, -0.2) is 0 Å². The van der Waals surface area contributed by atoms with Crippen molar-refractivity contribution >= 4 is 34.2 Å². The molecule has 0 heterocycles. The van der Waals surface area contributed by atoms with Gasteiger partial charge in [-0.3, -0.25) is 0 Å². The lowest BCUT2D eigenvalue weighted by atomic mass is 10.0. The minimum absolute atomic E-state index is 0.310. The SMILES string of the molecule is [CH2]C(C)c1ccc(I)c(Cl)c1. The molecule has 0 N–H and O–H groups in total. The van der Waals surface area contributed by atoms with Crippen molar-refractivity contribution in [1.29, 1.82) is 0 Å². The van der Waals surface area contributed by atoms with Crippen molar-refractivity contribution in [3.8, 4) is 0 Å². The lowest BCUT2D eigenvalue weighted by Gasteiger charge is -2.05. The first-order valence-corrected chi connectivity index (χ1v) is 4.85. The molecule has 0 spiro atoms. The number of hydrogen-bond acceptors (Lipinski definition) is 0. The number of halogens is 2. The van der Waals surface area contributed by atoms with E-state index in [4.69, 9.17) is 11.6 Å². The summed E-state index contributed by atoms with van der Waals surface area (Å²) in [7, 11) is 0. The first-order chi connectivity index (χ1) is 5.11. The minimum Gasteiger partial charge on any atom is -0.0832 e. The molecule has 1 atom stereocenters. The molecule has 2 heteroatoms. The Kier molecular flexibility index (Phi) is 3.19. The van der Waals surface area contributed by atoms with Crippen molar-refractivity contribution in [2.24, 2.45) is 0 Å². The van der Waals surface area contributed by atoms with Gasteiger partial charge in [0.05, 0.1) is 5.02 Å². The van der Waals surface area contributed by atoms with Gasteiger partial charge in [0.2, 0.25) is 0 Å². The fourth-order valence-corrected chi connectivity index (χ4v) is 1.34. The highest BCUT2D eigenvalue weighted by atomic mass is 127. The Hall–Kier alpha value is 0.240. The highest BCUT2D eigenvalue weighted by molar-refractivity contribution is 14.1. The van der Waals surface area contributed by atoms with Crippen molar-refractivity contribution in [2.45, 2.75) is 12.8 Å². The lowest BCUT2D eigenvalue weighted by molar-refractivity contribution is 0.964. The van der Waals surface area contributed by atoms with Crippen molar-refractivity contribution < 1.29 is 0 Å². The zero-order chi connectivity index (χ0) is 8.43. The lowest BCUT2D eigenvalue weighted by Crippen LogP contribution is -1.87. The summed E-state index contributed by atoms with van der Waals surface area (Å²) in [5.74, 6) is 0.310. The quantitative estimate of drug-likeness (QED) is 0.684. The molecule has 0 fully saturated rings. The van der Waals surface area contributed by atoms with E-state index in [2.05, 4.69) is 42.5 Å². The van der Waals surface area contributed by atoms with Crippen molar-refractivity contribution in [2.75, 3.05) is 0 Å². The van der Waals surface area contributed by atoms with Gasteiger partial charge in [0.25, 0.3) is 0 Å². The zero-order valence-electron chi connectivity index (χ0n) is 6.27. The van der Waals surface area contributed by atoms with Crippen LogP contribution in [0.5, 0.6) is 0 Å². The molecule has 1 unspecified atom stereocenters. The maximum Gasteiger partial charge on any atom is 0.0542 e. The van der Waals surface area contributed by atoms with Crippen LogP contribution in [0.1, 0.15) is 18.4 Å². The van der Waals surface area contributed by atoms with Crippen LogP contribution in [0.25, 0.3) is 0 Å². The Labute approximate surface area is 86.1 Å². The Morgan fingerprint density at radius 2 is 2.18 bits per heavy atom. The average molecular weight is 280 g/mol. The Balaban J connectivity index is 3.05. The smallest absolute Gasteiger partial charge is 0.0542 e. The summed E-state index contributed by atoms with van der Waals surface area (Å²) in [6.45, 7) is 5.97. The summed E-state index contributed by atoms with van der Waals surface area (Å²) >= 11 is 8.13. The summed E-state index contributed by atoms with van der Waals surface area (Å²) in [5, 5.41) is 0.818. The molecule has 1 aromatic carbocycles. The predicted octanol–water partition coefficient (Wildman–Crippen LogP) is 3.88. The van der Waals surface area contributed by atoms with E-state index in [-0.39, 0.29) is 0 Å². The normalized spacial score (nSPS) is 10.6. The van der Waals surface area contributed by atoms with Crippen LogP contribution < -0.4 is 0 Å². The van der Waals surface area contributed by atoms with E-state index in [1.165, 1.54) is 5.56 Å². The third-order valence-electron chi connectivity index (χ3n) is 1.51. The third-order valence-corrected chi connectivity index (χ3v) is 3.08. The van der Waals surface area contributed by atoms with Crippen LogP contribution in [0.3, 0.4) is 0 Å². The molecular formula is C9H9ClI. The summed E-state index contributed by atoms with van der Waals surface area (Å²) in [4.78, 5) is 0. The molecule has 0 saturated heterocycles. The first kappa shape index (κ1) is 9.33.